The summed E-state index contributed by atoms with van der Waals surface area (Å²) in [5, 5.41) is -0.144. The fourth-order valence-electron chi connectivity index (χ4n) is 0.873. The SMILES string of the molecule is COC(=O)c1nc(Cl)ccc1OC(F)(F)F. The van der Waals surface area contributed by atoms with Gasteiger partial charge in [0.15, 0.2) is 11.4 Å². The third kappa shape index (κ3) is 3.27. The predicted octanol–water partition coefficient (Wildman–Crippen LogP) is 2.42. The molecule has 0 unspecified atom stereocenters. The highest BCUT2D eigenvalue weighted by molar-refractivity contribution is 6.29. The molecule has 1 rings (SSSR count). The Bertz CT molecular complexity index is 408. The van der Waals surface area contributed by atoms with Gasteiger partial charge in [-0.2, -0.15) is 0 Å². The van der Waals surface area contributed by atoms with Gasteiger partial charge < -0.3 is 9.47 Å². The predicted molar refractivity (Wildman–Crippen MR) is 47.3 cm³/mol. The van der Waals surface area contributed by atoms with Crippen LogP contribution in [0.15, 0.2) is 12.1 Å². The van der Waals surface area contributed by atoms with Gasteiger partial charge in [-0.05, 0) is 12.1 Å². The lowest BCUT2D eigenvalue weighted by atomic mass is 10.3. The van der Waals surface area contributed by atoms with Gasteiger partial charge >= 0.3 is 12.3 Å². The number of alkyl halides is 3. The lowest BCUT2D eigenvalue weighted by Crippen LogP contribution is -2.20. The first-order valence-corrected chi connectivity index (χ1v) is 4.22. The van der Waals surface area contributed by atoms with Crippen molar-refractivity contribution in [2.24, 2.45) is 0 Å². The molecule has 1 aromatic heterocycles. The highest BCUT2D eigenvalue weighted by Crippen LogP contribution is 2.26. The van der Waals surface area contributed by atoms with Crippen LogP contribution in [0.4, 0.5) is 13.2 Å². The summed E-state index contributed by atoms with van der Waals surface area (Å²) in [5.74, 6) is -1.83. The maximum absolute atomic E-state index is 12.0. The van der Waals surface area contributed by atoms with E-state index >= 15 is 0 Å². The molecule has 0 aromatic carbocycles. The highest BCUT2D eigenvalue weighted by atomic mass is 35.5. The fraction of sp³-hybridized carbons (Fsp3) is 0.250. The number of pyridine rings is 1. The second-order valence-electron chi connectivity index (χ2n) is 2.52. The quantitative estimate of drug-likeness (QED) is 0.601. The minimum absolute atomic E-state index is 0.144. The van der Waals surface area contributed by atoms with Crippen molar-refractivity contribution in [1.29, 1.82) is 0 Å². The third-order valence-electron chi connectivity index (χ3n) is 1.43. The van der Waals surface area contributed by atoms with E-state index in [4.69, 9.17) is 11.6 Å². The molecule has 0 amide bonds. The average molecular weight is 256 g/mol. The molecule has 0 bridgehead atoms. The number of carbonyl (C=O) groups excluding carboxylic acids is 1. The molecule has 16 heavy (non-hydrogen) atoms. The largest absolute Gasteiger partial charge is 0.573 e. The minimum Gasteiger partial charge on any atom is -0.464 e. The van der Waals surface area contributed by atoms with E-state index in [0.717, 1.165) is 19.2 Å². The van der Waals surface area contributed by atoms with E-state index in [1.165, 1.54) is 0 Å². The molecule has 0 aliphatic carbocycles. The second kappa shape index (κ2) is 4.56. The van der Waals surface area contributed by atoms with Gasteiger partial charge in [0.25, 0.3) is 0 Å². The molecular formula is C8H5ClF3NO3. The fourth-order valence-corrected chi connectivity index (χ4v) is 1.02. The van der Waals surface area contributed by atoms with Crippen molar-refractivity contribution in [3.8, 4) is 5.75 Å². The zero-order valence-corrected chi connectivity index (χ0v) is 8.59. The Labute approximate surface area is 92.9 Å². The van der Waals surface area contributed by atoms with Gasteiger partial charge in [-0.3, -0.25) is 0 Å². The molecule has 0 N–H and O–H groups in total. The second-order valence-corrected chi connectivity index (χ2v) is 2.91. The number of hydrogen-bond acceptors (Lipinski definition) is 4. The number of nitrogens with zero attached hydrogens (tertiary/aromatic N) is 1. The van der Waals surface area contributed by atoms with Gasteiger partial charge in [0.05, 0.1) is 7.11 Å². The van der Waals surface area contributed by atoms with Crippen LogP contribution in [0.1, 0.15) is 10.5 Å². The van der Waals surface area contributed by atoms with Gasteiger partial charge in [0, 0.05) is 0 Å². The molecule has 4 nitrogen and oxygen atoms in total. The van der Waals surface area contributed by atoms with Crippen LogP contribution in [0, 0.1) is 0 Å². The van der Waals surface area contributed by atoms with Gasteiger partial charge in [-0.25, -0.2) is 9.78 Å². The summed E-state index contributed by atoms with van der Waals surface area (Å²) >= 11 is 5.43. The van der Waals surface area contributed by atoms with E-state index < -0.39 is 23.8 Å². The molecule has 0 saturated heterocycles. The maximum Gasteiger partial charge on any atom is 0.573 e. The van der Waals surface area contributed by atoms with Crippen LogP contribution in [0.25, 0.3) is 0 Å². The number of methoxy groups -OCH3 is 1. The van der Waals surface area contributed by atoms with Crippen LogP contribution in [0.2, 0.25) is 5.15 Å². The number of aromatic nitrogens is 1. The number of esters is 1. The normalized spacial score (nSPS) is 11.1. The Balaban J connectivity index is 3.13. The molecular weight excluding hydrogens is 251 g/mol. The Morgan fingerprint density at radius 1 is 1.44 bits per heavy atom. The van der Waals surface area contributed by atoms with Crippen molar-refractivity contribution in [3.05, 3.63) is 23.0 Å². The van der Waals surface area contributed by atoms with E-state index in [1.807, 2.05) is 0 Å². The van der Waals surface area contributed by atoms with Crippen molar-refractivity contribution >= 4 is 17.6 Å². The summed E-state index contributed by atoms with van der Waals surface area (Å²) in [6.07, 6.45) is -4.92. The smallest absolute Gasteiger partial charge is 0.464 e. The van der Waals surface area contributed by atoms with Crippen molar-refractivity contribution in [1.82, 2.24) is 4.98 Å². The molecule has 1 aromatic rings. The molecule has 8 heteroatoms. The van der Waals surface area contributed by atoms with Gasteiger partial charge in [0.2, 0.25) is 0 Å². The van der Waals surface area contributed by atoms with Crippen LogP contribution in [0.3, 0.4) is 0 Å². The lowest BCUT2D eigenvalue weighted by Gasteiger charge is -2.11. The van der Waals surface area contributed by atoms with Crippen LogP contribution in [0.5, 0.6) is 5.75 Å². The highest BCUT2D eigenvalue weighted by Gasteiger charge is 2.33. The van der Waals surface area contributed by atoms with Crippen LogP contribution >= 0.6 is 11.6 Å². The zero-order valence-electron chi connectivity index (χ0n) is 7.84. The first-order chi connectivity index (χ1) is 7.33. The molecule has 1 heterocycles. The first-order valence-electron chi connectivity index (χ1n) is 3.84. The summed E-state index contributed by atoms with van der Waals surface area (Å²) in [4.78, 5) is 14.5. The van der Waals surface area contributed by atoms with Crippen LogP contribution < -0.4 is 4.74 Å². The summed E-state index contributed by atoms with van der Waals surface area (Å²) < 4.78 is 43.7. The van der Waals surface area contributed by atoms with E-state index in [-0.39, 0.29) is 5.15 Å². The Morgan fingerprint density at radius 3 is 2.56 bits per heavy atom. The van der Waals surface area contributed by atoms with E-state index in [1.54, 1.807) is 0 Å². The standard InChI is InChI=1S/C8H5ClF3NO3/c1-15-7(14)6-4(16-8(10,11)12)2-3-5(9)13-6/h2-3H,1H3. The molecule has 0 radical (unpaired) electrons. The monoisotopic (exact) mass is 255 g/mol. The van der Waals surface area contributed by atoms with Gasteiger partial charge in [-0.1, -0.05) is 11.6 Å². The molecule has 0 aliphatic rings. The van der Waals surface area contributed by atoms with E-state index in [0.29, 0.717) is 0 Å². The molecule has 0 atom stereocenters. The van der Waals surface area contributed by atoms with Gasteiger partial charge in [0.1, 0.15) is 5.15 Å². The summed E-state index contributed by atoms with van der Waals surface area (Å²) in [7, 11) is 1.00. The van der Waals surface area contributed by atoms with Crippen molar-refractivity contribution in [3.63, 3.8) is 0 Å². The zero-order chi connectivity index (χ0) is 12.3. The molecule has 0 saturated carbocycles. The third-order valence-corrected chi connectivity index (χ3v) is 1.64. The Morgan fingerprint density at radius 2 is 2.06 bits per heavy atom. The first kappa shape index (κ1) is 12.6. The lowest BCUT2D eigenvalue weighted by molar-refractivity contribution is -0.274. The average Bonchev–Trinajstić information content (AvgIpc) is 2.17. The van der Waals surface area contributed by atoms with Crippen molar-refractivity contribution < 1.29 is 27.4 Å². The number of rotatable bonds is 2. The van der Waals surface area contributed by atoms with Crippen molar-refractivity contribution in [2.45, 2.75) is 6.36 Å². The number of halogens is 4. The maximum atomic E-state index is 12.0. The van der Waals surface area contributed by atoms with Crippen LogP contribution in [-0.4, -0.2) is 24.4 Å². The minimum atomic E-state index is -4.92. The number of carbonyl (C=O) groups is 1. The molecule has 0 aliphatic heterocycles. The molecule has 0 fully saturated rings. The number of hydrogen-bond donors (Lipinski definition) is 0. The molecule has 0 spiro atoms. The van der Waals surface area contributed by atoms with Crippen LogP contribution in [-0.2, 0) is 4.74 Å². The topological polar surface area (TPSA) is 48.4 Å². The number of ether oxygens (including phenoxy) is 2. The Hall–Kier alpha value is -1.50. The van der Waals surface area contributed by atoms with E-state index in [9.17, 15) is 18.0 Å². The summed E-state index contributed by atoms with van der Waals surface area (Å²) in [5.41, 5.74) is -0.632. The van der Waals surface area contributed by atoms with Crippen molar-refractivity contribution in [2.75, 3.05) is 7.11 Å². The Kier molecular flexibility index (Phi) is 3.58. The van der Waals surface area contributed by atoms with Gasteiger partial charge in [-0.15, -0.1) is 13.2 Å². The molecule has 88 valence electrons. The summed E-state index contributed by atoms with van der Waals surface area (Å²) in [6.45, 7) is 0. The van der Waals surface area contributed by atoms with E-state index in [2.05, 4.69) is 14.5 Å². The summed E-state index contributed by atoms with van der Waals surface area (Å²) in [6, 6.07) is 1.95.